The van der Waals surface area contributed by atoms with E-state index in [9.17, 15) is 8.42 Å². The molecule has 6 nitrogen and oxygen atoms in total. The SMILES string of the molecule is Cc1ccccc1CN(C)S(=O)(=O)c1c(N)ncn1C. The Hall–Kier alpha value is -1.86. The first-order valence-corrected chi connectivity index (χ1v) is 7.55. The molecule has 0 aliphatic carbocycles. The first-order valence-electron chi connectivity index (χ1n) is 6.11. The smallest absolute Gasteiger partial charge is 0.262 e. The van der Waals surface area contributed by atoms with Gasteiger partial charge in [-0.05, 0) is 18.1 Å². The topological polar surface area (TPSA) is 81.2 Å². The number of aryl methyl sites for hydroxylation is 2. The number of nitrogens with zero attached hydrogens (tertiary/aromatic N) is 3. The fraction of sp³-hybridized carbons (Fsp3) is 0.308. The van der Waals surface area contributed by atoms with Crippen molar-refractivity contribution < 1.29 is 8.42 Å². The first kappa shape index (κ1) is 14.5. The molecule has 0 spiro atoms. The number of rotatable bonds is 4. The molecule has 1 heterocycles. The average Bonchev–Trinajstić information content (AvgIpc) is 2.72. The Morgan fingerprint density at radius 1 is 1.35 bits per heavy atom. The molecular formula is C13H18N4O2S. The molecule has 0 aliphatic heterocycles. The fourth-order valence-electron chi connectivity index (χ4n) is 2.01. The zero-order valence-corrected chi connectivity index (χ0v) is 12.6. The van der Waals surface area contributed by atoms with E-state index in [4.69, 9.17) is 5.73 Å². The Labute approximate surface area is 118 Å². The number of hydrogen-bond acceptors (Lipinski definition) is 4. The molecule has 0 atom stereocenters. The second-order valence-electron chi connectivity index (χ2n) is 4.73. The van der Waals surface area contributed by atoms with Gasteiger partial charge < -0.3 is 10.3 Å². The third-order valence-electron chi connectivity index (χ3n) is 3.22. The van der Waals surface area contributed by atoms with E-state index < -0.39 is 10.0 Å². The summed E-state index contributed by atoms with van der Waals surface area (Å²) in [6, 6.07) is 7.68. The molecule has 1 aromatic heterocycles. The molecule has 0 unspecified atom stereocenters. The van der Waals surface area contributed by atoms with Crippen LogP contribution in [-0.2, 0) is 23.6 Å². The number of nitrogen functional groups attached to an aromatic ring is 1. The van der Waals surface area contributed by atoms with Crippen LogP contribution in [0.4, 0.5) is 5.82 Å². The van der Waals surface area contributed by atoms with E-state index in [0.717, 1.165) is 11.1 Å². The highest BCUT2D eigenvalue weighted by atomic mass is 32.2. The van der Waals surface area contributed by atoms with Gasteiger partial charge in [0.2, 0.25) is 0 Å². The largest absolute Gasteiger partial charge is 0.381 e. The fourth-order valence-corrected chi connectivity index (χ4v) is 3.34. The van der Waals surface area contributed by atoms with Crippen LogP contribution in [0.25, 0.3) is 0 Å². The molecule has 7 heteroatoms. The molecule has 0 aliphatic rings. The summed E-state index contributed by atoms with van der Waals surface area (Å²) in [7, 11) is -0.518. The Morgan fingerprint density at radius 3 is 2.55 bits per heavy atom. The van der Waals surface area contributed by atoms with Gasteiger partial charge in [0.05, 0.1) is 6.33 Å². The van der Waals surface area contributed by atoms with Crippen molar-refractivity contribution in [1.29, 1.82) is 0 Å². The van der Waals surface area contributed by atoms with Crippen LogP contribution in [0.3, 0.4) is 0 Å². The number of anilines is 1. The van der Waals surface area contributed by atoms with Crippen LogP contribution >= 0.6 is 0 Å². The maximum Gasteiger partial charge on any atom is 0.262 e. The van der Waals surface area contributed by atoms with Gasteiger partial charge in [-0.25, -0.2) is 13.4 Å². The molecule has 2 aromatic rings. The van der Waals surface area contributed by atoms with Crippen molar-refractivity contribution in [3.63, 3.8) is 0 Å². The first-order chi connectivity index (χ1) is 9.34. The van der Waals surface area contributed by atoms with E-state index in [-0.39, 0.29) is 10.8 Å². The van der Waals surface area contributed by atoms with Gasteiger partial charge in [0.1, 0.15) is 0 Å². The van der Waals surface area contributed by atoms with Crippen LogP contribution in [0.15, 0.2) is 35.6 Å². The normalized spacial score (nSPS) is 12.0. The van der Waals surface area contributed by atoms with Crippen LogP contribution in [0.5, 0.6) is 0 Å². The molecule has 0 saturated carbocycles. The van der Waals surface area contributed by atoms with Crippen molar-refractivity contribution >= 4 is 15.8 Å². The lowest BCUT2D eigenvalue weighted by atomic mass is 10.1. The summed E-state index contributed by atoms with van der Waals surface area (Å²) in [6.07, 6.45) is 1.39. The molecule has 0 amide bonds. The molecule has 0 saturated heterocycles. The molecule has 20 heavy (non-hydrogen) atoms. The van der Waals surface area contributed by atoms with E-state index >= 15 is 0 Å². The van der Waals surface area contributed by atoms with E-state index in [1.165, 1.54) is 22.2 Å². The summed E-state index contributed by atoms with van der Waals surface area (Å²) < 4.78 is 27.8. The van der Waals surface area contributed by atoms with E-state index in [0.29, 0.717) is 6.54 Å². The summed E-state index contributed by atoms with van der Waals surface area (Å²) in [5.41, 5.74) is 7.66. The number of aromatic nitrogens is 2. The summed E-state index contributed by atoms with van der Waals surface area (Å²) in [4.78, 5) is 3.82. The highest BCUT2D eigenvalue weighted by molar-refractivity contribution is 7.89. The number of sulfonamides is 1. The Balaban J connectivity index is 2.34. The Bertz CT molecular complexity index is 702. The van der Waals surface area contributed by atoms with Gasteiger partial charge in [0.15, 0.2) is 10.8 Å². The minimum Gasteiger partial charge on any atom is -0.381 e. The van der Waals surface area contributed by atoms with Crippen LogP contribution in [0.2, 0.25) is 0 Å². The second kappa shape index (κ2) is 5.26. The summed E-state index contributed by atoms with van der Waals surface area (Å²) in [6.45, 7) is 2.24. The lowest BCUT2D eigenvalue weighted by molar-refractivity contribution is 0.460. The predicted molar refractivity (Wildman–Crippen MR) is 77.5 cm³/mol. The molecule has 0 fully saturated rings. The van der Waals surface area contributed by atoms with Crippen molar-refractivity contribution in [3.05, 3.63) is 41.7 Å². The van der Waals surface area contributed by atoms with Crippen LogP contribution < -0.4 is 5.73 Å². The minimum atomic E-state index is -3.66. The number of hydrogen-bond donors (Lipinski definition) is 1. The van der Waals surface area contributed by atoms with Crippen molar-refractivity contribution in [2.45, 2.75) is 18.5 Å². The summed E-state index contributed by atoms with van der Waals surface area (Å²) in [5.74, 6) is 0.0177. The van der Waals surface area contributed by atoms with Crippen molar-refractivity contribution in [3.8, 4) is 0 Å². The standard InChI is InChI=1S/C13H18N4O2S/c1-10-6-4-5-7-11(10)8-17(3)20(18,19)13-12(14)15-9-16(13)2/h4-7,9H,8,14H2,1-3H3. The zero-order chi connectivity index (χ0) is 14.9. The van der Waals surface area contributed by atoms with E-state index in [1.54, 1.807) is 7.05 Å². The summed E-state index contributed by atoms with van der Waals surface area (Å²) in [5, 5.41) is 0.0218. The van der Waals surface area contributed by atoms with Crippen LogP contribution in [-0.4, -0.2) is 29.3 Å². The highest BCUT2D eigenvalue weighted by Gasteiger charge is 2.27. The Morgan fingerprint density at radius 2 is 2.00 bits per heavy atom. The summed E-state index contributed by atoms with van der Waals surface area (Å²) >= 11 is 0. The minimum absolute atomic E-state index is 0.0177. The molecular weight excluding hydrogens is 276 g/mol. The van der Waals surface area contributed by atoms with Crippen molar-refractivity contribution in [2.24, 2.45) is 7.05 Å². The van der Waals surface area contributed by atoms with Crippen molar-refractivity contribution in [1.82, 2.24) is 13.9 Å². The van der Waals surface area contributed by atoms with Gasteiger partial charge in [0, 0.05) is 20.6 Å². The van der Waals surface area contributed by atoms with Gasteiger partial charge in [-0.3, -0.25) is 0 Å². The quantitative estimate of drug-likeness (QED) is 0.916. The Kier molecular flexibility index (Phi) is 3.82. The third-order valence-corrected chi connectivity index (χ3v) is 5.15. The predicted octanol–water partition coefficient (Wildman–Crippen LogP) is 1.13. The van der Waals surface area contributed by atoms with E-state index in [1.807, 2.05) is 31.2 Å². The molecule has 1 aromatic carbocycles. The zero-order valence-electron chi connectivity index (χ0n) is 11.7. The number of nitrogens with two attached hydrogens (primary N) is 1. The average molecular weight is 294 g/mol. The van der Waals surface area contributed by atoms with Gasteiger partial charge in [-0.2, -0.15) is 4.31 Å². The van der Waals surface area contributed by atoms with Crippen LogP contribution in [0, 0.1) is 6.92 Å². The molecule has 2 rings (SSSR count). The number of imidazole rings is 1. The highest BCUT2D eigenvalue weighted by Crippen LogP contribution is 2.21. The maximum atomic E-state index is 12.5. The lowest BCUT2D eigenvalue weighted by Gasteiger charge is -2.18. The maximum absolute atomic E-state index is 12.5. The van der Waals surface area contributed by atoms with Crippen LogP contribution in [0.1, 0.15) is 11.1 Å². The lowest BCUT2D eigenvalue weighted by Crippen LogP contribution is -2.29. The van der Waals surface area contributed by atoms with E-state index in [2.05, 4.69) is 4.98 Å². The molecule has 0 radical (unpaired) electrons. The molecule has 0 bridgehead atoms. The van der Waals surface area contributed by atoms with Gasteiger partial charge in [0.25, 0.3) is 10.0 Å². The van der Waals surface area contributed by atoms with Gasteiger partial charge >= 0.3 is 0 Å². The monoisotopic (exact) mass is 294 g/mol. The number of benzene rings is 1. The van der Waals surface area contributed by atoms with Crippen molar-refractivity contribution in [2.75, 3.05) is 12.8 Å². The van der Waals surface area contributed by atoms with Gasteiger partial charge in [-0.1, -0.05) is 24.3 Å². The molecule has 108 valence electrons. The second-order valence-corrected chi connectivity index (χ2v) is 6.69. The molecule has 2 N–H and O–H groups in total. The van der Waals surface area contributed by atoms with Gasteiger partial charge in [-0.15, -0.1) is 0 Å². The third kappa shape index (κ3) is 2.54.